The van der Waals surface area contributed by atoms with E-state index in [9.17, 15) is 35.5 Å². The maximum Gasteiger partial charge on any atom is 0.346 e. The van der Waals surface area contributed by atoms with E-state index in [1.54, 1.807) is 6.92 Å². The van der Waals surface area contributed by atoms with Crippen molar-refractivity contribution in [1.82, 2.24) is 0 Å². The highest BCUT2D eigenvalue weighted by Gasteiger charge is 2.61. The zero-order valence-electron chi connectivity index (χ0n) is 16.8. The molecule has 0 aliphatic rings. The lowest BCUT2D eigenvalue weighted by Gasteiger charge is -2.28. The van der Waals surface area contributed by atoms with Gasteiger partial charge in [0, 0.05) is 6.42 Å². The van der Waals surface area contributed by atoms with Gasteiger partial charge in [-0.25, -0.2) is 18.0 Å². The smallest absolute Gasteiger partial charge is 0.346 e. The van der Waals surface area contributed by atoms with E-state index in [4.69, 9.17) is 4.42 Å². The molecule has 1 aromatic heterocycles. The Hall–Kier alpha value is -3.10. The van der Waals surface area contributed by atoms with Crippen LogP contribution in [0.3, 0.4) is 0 Å². The highest BCUT2D eigenvalue weighted by molar-refractivity contribution is 5.83. The largest absolute Gasteiger partial charge is 0.427 e. The van der Waals surface area contributed by atoms with Crippen molar-refractivity contribution >= 4 is 10.8 Å². The molecule has 3 rings (SSSR count). The van der Waals surface area contributed by atoms with Crippen molar-refractivity contribution in [1.29, 1.82) is 0 Å². The van der Waals surface area contributed by atoms with Crippen molar-refractivity contribution in [3.63, 3.8) is 0 Å². The number of allylic oxidation sites excluding steroid dienone is 1. The van der Waals surface area contributed by atoms with Gasteiger partial charge in [-0.2, -0.15) is 17.6 Å². The third kappa shape index (κ3) is 3.69. The summed E-state index contributed by atoms with van der Waals surface area (Å²) < 4.78 is 108. The normalized spacial score (nSPS) is 12.4. The first-order valence-electron chi connectivity index (χ1n) is 9.56. The fourth-order valence-corrected chi connectivity index (χ4v) is 3.33. The Kier molecular flexibility index (Phi) is 6.22. The third-order valence-corrected chi connectivity index (χ3v) is 5.12. The first kappa shape index (κ1) is 23.6. The summed E-state index contributed by atoms with van der Waals surface area (Å²) in [5, 5.41) is -1.07. The van der Waals surface area contributed by atoms with Crippen molar-refractivity contribution < 1.29 is 35.2 Å². The molecule has 0 spiro atoms. The molecule has 9 heteroatoms. The van der Waals surface area contributed by atoms with Crippen LogP contribution in [0.25, 0.3) is 10.8 Å². The molecule has 0 radical (unpaired) electrons. The van der Waals surface area contributed by atoms with Crippen molar-refractivity contribution in [2.75, 3.05) is 0 Å². The number of benzene rings is 2. The van der Waals surface area contributed by atoms with E-state index in [-0.39, 0.29) is 36.0 Å². The predicted molar refractivity (Wildman–Crippen MR) is 104 cm³/mol. The van der Waals surface area contributed by atoms with Gasteiger partial charge in [0.05, 0.1) is 11.1 Å². The Morgan fingerprint density at radius 1 is 0.938 bits per heavy atom. The molecular formula is C23H17F7O2. The minimum atomic E-state index is -5.34. The fourth-order valence-electron chi connectivity index (χ4n) is 3.33. The molecule has 0 saturated carbocycles. The topological polar surface area (TPSA) is 30.2 Å². The van der Waals surface area contributed by atoms with E-state index in [1.165, 1.54) is 12.1 Å². The molecule has 3 aromatic rings. The Bertz CT molecular complexity index is 1250. The zero-order valence-corrected chi connectivity index (χ0v) is 16.8. The summed E-state index contributed by atoms with van der Waals surface area (Å²) in [6, 6.07) is 3.57. The summed E-state index contributed by atoms with van der Waals surface area (Å²) in [7, 11) is 0. The molecule has 2 aromatic carbocycles. The van der Waals surface area contributed by atoms with Gasteiger partial charge in [-0.3, -0.25) is 0 Å². The van der Waals surface area contributed by atoms with Gasteiger partial charge < -0.3 is 4.42 Å². The monoisotopic (exact) mass is 458 g/mol. The lowest BCUT2D eigenvalue weighted by atomic mass is 9.92. The molecule has 0 aliphatic heterocycles. The molecule has 0 atom stereocenters. The summed E-state index contributed by atoms with van der Waals surface area (Å²) in [4.78, 5) is 12.0. The molecule has 0 bridgehead atoms. The molecule has 0 N–H and O–H groups in total. The number of aryl methyl sites for hydroxylation is 2. The van der Waals surface area contributed by atoms with E-state index < -0.39 is 51.4 Å². The summed E-state index contributed by atoms with van der Waals surface area (Å²) in [6.45, 7) is 5.02. The van der Waals surface area contributed by atoms with E-state index in [0.717, 1.165) is 12.1 Å². The first-order chi connectivity index (χ1) is 15.0. The molecule has 0 fully saturated rings. The number of rotatable bonds is 7. The Morgan fingerprint density at radius 2 is 1.53 bits per heavy atom. The second-order valence-electron chi connectivity index (χ2n) is 7.12. The van der Waals surface area contributed by atoms with Gasteiger partial charge in [0.15, 0.2) is 11.6 Å². The standard InChI is InChI=1S/C23H17F7O2/c1-3-5-6-12-7-9-16(20(26)18(12)24)23(29,30)22(27,28)15-10-8-13-11-14(4-2)32-21(31)17(13)19(15)25/h3,7-11H,1,4-6H2,2H3. The fraction of sp³-hybridized carbons (Fsp3) is 0.261. The van der Waals surface area contributed by atoms with Crippen LogP contribution in [0.1, 0.15) is 35.8 Å². The molecule has 1 heterocycles. The van der Waals surface area contributed by atoms with Crippen molar-refractivity contribution in [3.8, 4) is 0 Å². The van der Waals surface area contributed by atoms with E-state index in [2.05, 4.69) is 6.58 Å². The average molecular weight is 458 g/mol. The maximum atomic E-state index is 14.9. The lowest BCUT2D eigenvalue weighted by molar-refractivity contribution is -0.226. The van der Waals surface area contributed by atoms with Crippen LogP contribution < -0.4 is 5.63 Å². The second-order valence-corrected chi connectivity index (χ2v) is 7.12. The van der Waals surface area contributed by atoms with Crippen molar-refractivity contribution in [2.24, 2.45) is 0 Å². The van der Waals surface area contributed by atoms with Gasteiger partial charge >= 0.3 is 17.5 Å². The van der Waals surface area contributed by atoms with Gasteiger partial charge in [-0.05, 0) is 42.0 Å². The highest BCUT2D eigenvalue weighted by Crippen LogP contribution is 2.51. The SMILES string of the molecule is C=CCCc1ccc(C(F)(F)C(F)(F)c2ccc3cc(CC)oc(=O)c3c2F)c(F)c1F. The van der Waals surface area contributed by atoms with Crippen LogP contribution in [0.5, 0.6) is 0 Å². The predicted octanol–water partition coefficient (Wildman–Crippen LogP) is 6.78. The minimum absolute atomic E-state index is 0.0800. The summed E-state index contributed by atoms with van der Waals surface area (Å²) in [6.07, 6.45) is 1.75. The van der Waals surface area contributed by atoms with E-state index >= 15 is 0 Å². The van der Waals surface area contributed by atoms with Crippen LogP contribution in [0.15, 0.2) is 52.2 Å². The number of alkyl halides is 4. The van der Waals surface area contributed by atoms with Gasteiger partial charge in [-0.1, -0.05) is 25.1 Å². The molecule has 0 amide bonds. The number of hydrogen-bond acceptors (Lipinski definition) is 2. The van der Waals surface area contributed by atoms with Crippen LogP contribution in [0.2, 0.25) is 0 Å². The van der Waals surface area contributed by atoms with E-state index in [0.29, 0.717) is 12.1 Å². The second kappa shape index (κ2) is 8.44. The summed E-state index contributed by atoms with van der Waals surface area (Å²) >= 11 is 0. The Labute approximate surface area is 178 Å². The quantitative estimate of drug-likeness (QED) is 0.289. The number of hydrogen-bond donors (Lipinski definition) is 0. The molecule has 170 valence electrons. The number of halogens is 7. The summed E-state index contributed by atoms with van der Waals surface area (Å²) in [5.41, 5.74) is -5.40. The highest BCUT2D eigenvalue weighted by atomic mass is 19.3. The molecule has 2 nitrogen and oxygen atoms in total. The van der Waals surface area contributed by atoms with Crippen LogP contribution in [-0.2, 0) is 24.7 Å². The summed E-state index contributed by atoms with van der Waals surface area (Å²) in [5.74, 6) is -16.3. The maximum absolute atomic E-state index is 14.9. The third-order valence-electron chi connectivity index (χ3n) is 5.12. The lowest BCUT2D eigenvalue weighted by Crippen LogP contribution is -2.37. The van der Waals surface area contributed by atoms with Crippen LogP contribution >= 0.6 is 0 Å². The molecule has 0 unspecified atom stereocenters. The van der Waals surface area contributed by atoms with Crippen molar-refractivity contribution in [2.45, 2.75) is 38.0 Å². The van der Waals surface area contributed by atoms with Gasteiger partial charge in [0.1, 0.15) is 17.0 Å². The molecular weight excluding hydrogens is 441 g/mol. The Morgan fingerprint density at radius 3 is 2.12 bits per heavy atom. The average Bonchev–Trinajstić information content (AvgIpc) is 2.74. The molecule has 32 heavy (non-hydrogen) atoms. The van der Waals surface area contributed by atoms with Gasteiger partial charge in [0.25, 0.3) is 0 Å². The van der Waals surface area contributed by atoms with Crippen LogP contribution in [-0.4, -0.2) is 0 Å². The molecule has 0 aliphatic carbocycles. The number of fused-ring (bicyclic) bond motifs is 1. The van der Waals surface area contributed by atoms with Crippen molar-refractivity contribution in [3.05, 3.63) is 93.3 Å². The van der Waals surface area contributed by atoms with Gasteiger partial charge in [-0.15, -0.1) is 6.58 Å². The molecule has 0 saturated heterocycles. The van der Waals surface area contributed by atoms with E-state index in [1.807, 2.05) is 0 Å². The minimum Gasteiger partial charge on any atom is -0.427 e. The first-order valence-corrected chi connectivity index (χ1v) is 9.56. The zero-order chi connectivity index (χ0) is 23.8. The van der Waals surface area contributed by atoms with Gasteiger partial charge in [0.2, 0.25) is 0 Å². The van der Waals surface area contributed by atoms with Crippen LogP contribution in [0.4, 0.5) is 30.7 Å². The van der Waals surface area contributed by atoms with Crippen LogP contribution in [0, 0.1) is 17.5 Å². The Balaban J connectivity index is 2.16.